The number of amides is 2. The molecule has 2 saturated heterocycles. The molecule has 0 spiro atoms. The van der Waals surface area contributed by atoms with Crippen molar-refractivity contribution in [2.24, 2.45) is 11.8 Å². The Hall–Kier alpha value is -1.20. The Morgan fingerprint density at radius 3 is 2.16 bits per heavy atom. The zero-order valence-electron chi connectivity index (χ0n) is 11.2. The van der Waals surface area contributed by atoms with Crippen LogP contribution in [0.1, 0.15) is 12.8 Å². The Morgan fingerprint density at radius 1 is 1.00 bits per heavy atom. The molecule has 1 N–H and O–H groups in total. The Bertz CT molecular complexity index is 375. The fourth-order valence-corrected chi connectivity index (χ4v) is 3.27. The van der Waals surface area contributed by atoms with Crippen LogP contribution >= 0.6 is 0 Å². The molecule has 2 amide bonds. The minimum atomic E-state index is -0.0828. The highest BCUT2D eigenvalue weighted by atomic mass is 16.2. The molecular formula is C14H21N3O2. The zero-order valence-corrected chi connectivity index (χ0v) is 11.2. The highest BCUT2D eigenvalue weighted by Gasteiger charge is 2.46. The van der Waals surface area contributed by atoms with Crippen LogP contribution in [0.3, 0.4) is 0 Å². The van der Waals surface area contributed by atoms with E-state index < -0.39 is 0 Å². The third kappa shape index (κ3) is 2.44. The number of hydrogen-bond acceptors (Lipinski definition) is 4. The van der Waals surface area contributed by atoms with Gasteiger partial charge in [-0.2, -0.15) is 0 Å². The molecule has 2 unspecified atom stereocenters. The summed E-state index contributed by atoms with van der Waals surface area (Å²) in [6, 6.07) is 0. The molecule has 0 aromatic heterocycles. The molecule has 5 nitrogen and oxygen atoms in total. The number of carbonyl (C=O) groups excluding carboxylic acids is 2. The maximum absolute atomic E-state index is 12.3. The molecular weight excluding hydrogens is 242 g/mol. The van der Waals surface area contributed by atoms with Gasteiger partial charge in [-0.3, -0.25) is 19.4 Å². The Labute approximate surface area is 113 Å². The second kappa shape index (κ2) is 5.43. The lowest BCUT2D eigenvalue weighted by atomic mass is 9.85. The first-order chi connectivity index (χ1) is 9.27. The average Bonchev–Trinajstić information content (AvgIpc) is 2.71. The first-order valence-electron chi connectivity index (χ1n) is 7.20. The number of allylic oxidation sites excluding steroid dienone is 2. The van der Waals surface area contributed by atoms with Crippen molar-refractivity contribution in [3.63, 3.8) is 0 Å². The van der Waals surface area contributed by atoms with Crippen LogP contribution in [-0.4, -0.2) is 60.9 Å². The van der Waals surface area contributed by atoms with Gasteiger partial charge in [-0.1, -0.05) is 12.2 Å². The molecule has 2 atom stereocenters. The van der Waals surface area contributed by atoms with Crippen molar-refractivity contribution in [3.05, 3.63) is 12.2 Å². The third-order valence-corrected chi connectivity index (χ3v) is 4.45. The van der Waals surface area contributed by atoms with Crippen molar-refractivity contribution in [1.29, 1.82) is 0 Å². The molecule has 2 aliphatic heterocycles. The van der Waals surface area contributed by atoms with Crippen LogP contribution in [0, 0.1) is 11.8 Å². The number of nitrogens with one attached hydrogen (secondary N) is 1. The number of nitrogens with zero attached hydrogens (tertiary/aromatic N) is 2. The van der Waals surface area contributed by atoms with E-state index in [9.17, 15) is 9.59 Å². The van der Waals surface area contributed by atoms with E-state index in [4.69, 9.17) is 0 Å². The molecule has 3 rings (SSSR count). The topological polar surface area (TPSA) is 52.7 Å². The minimum Gasteiger partial charge on any atom is -0.314 e. The van der Waals surface area contributed by atoms with Crippen molar-refractivity contribution in [1.82, 2.24) is 15.1 Å². The molecule has 2 heterocycles. The van der Waals surface area contributed by atoms with Gasteiger partial charge in [0, 0.05) is 39.3 Å². The molecule has 0 radical (unpaired) electrons. The van der Waals surface area contributed by atoms with E-state index >= 15 is 0 Å². The number of imide groups is 1. The van der Waals surface area contributed by atoms with Gasteiger partial charge in [0.25, 0.3) is 0 Å². The van der Waals surface area contributed by atoms with Crippen LogP contribution in [0.4, 0.5) is 0 Å². The van der Waals surface area contributed by atoms with Crippen LogP contribution in [0.15, 0.2) is 12.2 Å². The summed E-state index contributed by atoms with van der Waals surface area (Å²) < 4.78 is 0. The number of rotatable bonds is 3. The summed E-state index contributed by atoms with van der Waals surface area (Å²) in [5.41, 5.74) is 0. The van der Waals surface area contributed by atoms with Crippen LogP contribution in [-0.2, 0) is 9.59 Å². The van der Waals surface area contributed by atoms with Crippen LogP contribution < -0.4 is 5.32 Å². The van der Waals surface area contributed by atoms with Crippen molar-refractivity contribution in [3.8, 4) is 0 Å². The first-order valence-corrected chi connectivity index (χ1v) is 7.20. The second-order valence-electron chi connectivity index (χ2n) is 5.58. The van der Waals surface area contributed by atoms with Gasteiger partial charge in [-0.25, -0.2) is 0 Å². The van der Waals surface area contributed by atoms with Gasteiger partial charge in [-0.15, -0.1) is 0 Å². The standard InChI is InChI=1S/C14H21N3O2/c18-13-11-3-1-2-4-12(11)14(19)17(13)10-9-16-7-5-15-6-8-16/h1-2,11-12,15H,3-10H2. The molecule has 0 aromatic carbocycles. The van der Waals surface area contributed by atoms with Gasteiger partial charge in [0.1, 0.15) is 0 Å². The smallest absolute Gasteiger partial charge is 0.233 e. The summed E-state index contributed by atoms with van der Waals surface area (Å²) in [5.74, 6) is -0.0648. The minimum absolute atomic E-state index is 0.0504. The summed E-state index contributed by atoms with van der Waals surface area (Å²) in [6.07, 6.45) is 5.54. The number of piperazine rings is 1. The largest absolute Gasteiger partial charge is 0.314 e. The number of carbonyl (C=O) groups is 2. The quantitative estimate of drug-likeness (QED) is 0.568. The summed E-state index contributed by atoms with van der Waals surface area (Å²) in [5, 5.41) is 3.30. The fourth-order valence-electron chi connectivity index (χ4n) is 3.27. The van der Waals surface area contributed by atoms with Crippen LogP contribution in [0.2, 0.25) is 0 Å². The van der Waals surface area contributed by atoms with E-state index in [0.29, 0.717) is 6.54 Å². The summed E-state index contributed by atoms with van der Waals surface area (Å²) >= 11 is 0. The highest BCUT2D eigenvalue weighted by molar-refractivity contribution is 6.05. The van der Waals surface area contributed by atoms with Crippen molar-refractivity contribution in [2.45, 2.75) is 12.8 Å². The van der Waals surface area contributed by atoms with E-state index in [1.54, 1.807) is 0 Å². The van der Waals surface area contributed by atoms with Crippen molar-refractivity contribution in [2.75, 3.05) is 39.3 Å². The van der Waals surface area contributed by atoms with E-state index in [-0.39, 0.29) is 23.7 Å². The molecule has 2 fully saturated rings. The second-order valence-corrected chi connectivity index (χ2v) is 5.58. The molecule has 1 aliphatic carbocycles. The zero-order chi connectivity index (χ0) is 13.2. The molecule has 104 valence electrons. The third-order valence-electron chi connectivity index (χ3n) is 4.45. The number of hydrogen-bond donors (Lipinski definition) is 1. The van der Waals surface area contributed by atoms with Gasteiger partial charge >= 0.3 is 0 Å². The van der Waals surface area contributed by atoms with Crippen LogP contribution in [0.5, 0.6) is 0 Å². The maximum Gasteiger partial charge on any atom is 0.233 e. The molecule has 0 saturated carbocycles. The Balaban J connectivity index is 1.59. The molecule has 19 heavy (non-hydrogen) atoms. The van der Waals surface area contributed by atoms with Crippen LogP contribution in [0.25, 0.3) is 0 Å². The van der Waals surface area contributed by atoms with E-state index in [0.717, 1.165) is 45.6 Å². The normalized spacial score (nSPS) is 31.9. The monoisotopic (exact) mass is 263 g/mol. The number of fused-ring (bicyclic) bond motifs is 1. The lowest BCUT2D eigenvalue weighted by Crippen LogP contribution is -2.47. The van der Waals surface area contributed by atoms with E-state index in [1.807, 2.05) is 12.2 Å². The highest BCUT2D eigenvalue weighted by Crippen LogP contribution is 2.34. The number of likely N-dealkylation sites (tertiary alicyclic amines) is 1. The first kappa shape index (κ1) is 12.8. The fraction of sp³-hybridized carbons (Fsp3) is 0.714. The molecule has 3 aliphatic rings. The van der Waals surface area contributed by atoms with Gasteiger partial charge < -0.3 is 5.32 Å². The van der Waals surface area contributed by atoms with Gasteiger partial charge in [0.15, 0.2) is 0 Å². The maximum atomic E-state index is 12.3. The average molecular weight is 263 g/mol. The van der Waals surface area contributed by atoms with Gasteiger partial charge in [-0.05, 0) is 12.8 Å². The Kier molecular flexibility index (Phi) is 3.66. The SMILES string of the molecule is O=C1C2CC=CCC2C(=O)N1CCN1CCNCC1. The molecule has 5 heteroatoms. The van der Waals surface area contributed by atoms with E-state index in [1.165, 1.54) is 4.90 Å². The molecule has 0 aromatic rings. The van der Waals surface area contributed by atoms with Gasteiger partial charge in [0.2, 0.25) is 11.8 Å². The predicted molar refractivity (Wildman–Crippen MR) is 71.4 cm³/mol. The van der Waals surface area contributed by atoms with Gasteiger partial charge in [0.05, 0.1) is 11.8 Å². The van der Waals surface area contributed by atoms with Crippen molar-refractivity contribution >= 4 is 11.8 Å². The summed E-state index contributed by atoms with van der Waals surface area (Å²) in [6.45, 7) is 5.38. The van der Waals surface area contributed by atoms with Crippen molar-refractivity contribution < 1.29 is 9.59 Å². The molecule has 0 bridgehead atoms. The summed E-state index contributed by atoms with van der Waals surface area (Å²) in [4.78, 5) is 28.3. The van der Waals surface area contributed by atoms with E-state index in [2.05, 4.69) is 10.2 Å². The lowest BCUT2D eigenvalue weighted by Gasteiger charge is -2.28. The summed E-state index contributed by atoms with van der Waals surface area (Å²) in [7, 11) is 0. The lowest BCUT2D eigenvalue weighted by molar-refractivity contribution is -0.140. The Morgan fingerprint density at radius 2 is 1.58 bits per heavy atom. The predicted octanol–water partition coefficient (Wildman–Crippen LogP) is -0.157.